The first-order chi connectivity index (χ1) is 17.1. The van der Waals surface area contributed by atoms with Gasteiger partial charge in [-0.2, -0.15) is 0 Å². The van der Waals surface area contributed by atoms with Crippen molar-refractivity contribution in [1.29, 1.82) is 0 Å². The van der Waals surface area contributed by atoms with E-state index in [2.05, 4.69) is 32.3 Å². The molecule has 0 spiro atoms. The van der Waals surface area contributed by atoms with Crippen LogP contribution < -0.4 is 5.32 Å². The number of nitrogens with zero attached hydrogens (tertiary/aromatic N) is 5. The van der Waals surface area contributed by atoms with Gasteiger partial charge in [0.15, 0.2) is 0 Å². The third kappa shape index (κ3) is 5.64. The SMILES string of the molecule is COC[C@H](C)Nc1ncc2c(-c3cncc(CN4CCOCC4)c3)cc([C@H]3CC[C@H](O)CC3)n2n1. The molecule has 0 unspecified atom stereocenters. The van der Waals surface area contributed by atoms with Crippen molar-refractivity contribution < 1.29 is 14.6 Å². The maximum absolute atomic E-state index is 10.1. The van der Waals surface area contributed by atoms with Gasteiger partial charge in [0.25, 0.3) is 0 Å². The minimum atomic E-state index is -0.195. The summed E-state index contributed by atoms with van der Waals surface area (Å²) in [5.74, 6) is 0.934. The minimum absolute atomic E-state index is 0.0989. The second-order valence-electron chi connectivity index (χ2n) is 9.84. The van der Waals surface area contributed by atoms with Crippen molar-refractivity contribution >= 4 is 11.5 Å². The number of pyridine rings is 1. The third-order valence-electron chi connectivity index (χ3n) is 7.07. The van der Waals surface area contributed by atoms with Crippen LogP contribution in [0.3, 0.4) is 0 Å². The Labute approximate surface area is 206 Å². The van der Waals surface area contributed by atoms with Gasteiger partial charge in [0.1, 0.15) is 0 Å². The van der Waals surface area contributed by atoms with Crippen molar-refractivity contribution in [1.82, 2.24) is 24.5 Å². The van der Waals surface area contributed by atoms with Gasteiger partial charge in [-0.1, -0.05) is 0 Å². The number of rotatable bonds is 8. The number of hydrogen-bond donors (Lipinski definition) is 2. The van der Waals surface area contributed by atoms with E-state index >= 15 is 0 Å². The third-order valence-corrected chi connectivity index (χ3v) is 7.07. The molecule has 2 N–H and O–H groups in total. The molecule has 9 nitrogen and oxygen atoms in total. The zero-order valence-electron chi connectivity index (χ0n) is 20.7. The summed E-state index contributed by atoms with van der Waals surface area (Å²) in [5.41, 5.74) is 5.51. The van der Waals surface area contributed by atoms with Gasteiger partial charge >= 0.3 is 0 Å². The number of anilines is 1. The topological polar surface area (TPSA) is 97.0 Å². The minimum Gasteiger partial charge on any atom is -0.393 e. The van der Waals surface area contributed by atoms with Gasteiger partial charge in [-0.05, 0) is 50.3 Å². The summed E-state index contributed by atoms with van der Waals surface area (Å²) in [7, 11) is 1.69. The molecule has 1 saturated heterocycles. The summed E-state index contributed by atoms with van der Waals surface area (Å²) in [5, 5.41) is 18.3. The Kier molecular flexibility index (Phi) is 7.57. The molecule has 0 aromatic carbocycles. The lowest BCUT2D eigenvalue weighted by atomic mass is 9.85. The van der Waals surface area contributed by atoms with E-state index < -0.39 is 0 Å². The number of methoxy groups -OCH3 is 1. The van der Waals surface area contributed by atoms with Gasteiger partial charge in [0.05, 0.1) is 37.6 Å². The number of aliphatic hydroxyl groups is 1. The first kappa shape index (κ1) is 24.1. The number of morpholine rings is 1. The van der Waals surface area contributed by atoms with Crippen LogP contribution in [0, 0.1) is 0 Å². The summed E-state index contributed by atoms with van der Waals surface area (Å²) in [6.45, 7) is 6.96. The number of nitrogens with one attached hydrogen (secondary N) is 1. The summed E-state index contributed by atoms with van der Waals surface area (Å²) in [4.78, 5) is 11.6. The molecule has 1 aliphatic heterocycles. The Hall–Kier alpha value is -2.59. The van der Waals surface area contributed by atoms with E-state index in [0.29, 0.717) is 18.5 Å². The molecular weight excluding hydrogens is 444 g/mol. The van der Waals surface area contributed by atoms with Crippen molar-refractivity contribution in [3.8, 4) is 11.1 Å². The van der Waals surface area contributed by atoms with Gasteiger partial charge in [0, 0.05) is 67.9 Å². The molecule has 0 amide bonds. The van der Waals surface area contributed by atoms with Crippen LogP contribution in [0.2, 0.25) is 0 Å². The van der Waals surface area contributed by atoms with Gasteiger partial charge in [-0.15, -0.1) is 5.10 Å². The highest BCUT2D eigenvalue weighted by molar-refractivity contribution is 5.81. The van der Waals surface area contributed by atoms with Gasteiger partial charge in [-0.25, -0.2) is 9.50 Å². The van der Waals surface area contributed by atoms with Crippen LogP contribution in [-0.2, 0) is 16.0 Å². The molecule has 188 valence electrons. The lowest BCUT2D eigenvalue weighted by molar-refractivity contribution is 0.0341. The molecule has 1 saturated carbocycles. The van der Waals surface area contributed by atoms with E-state index in [0.717, 1.165) is 75.2 Å². The quantitative estimate of drug-likeness (QED) is 0.508. The Morgan fingerprint density at radius 1 is 1.14 bits per heavy atom. The average molecular weight is 481 g/mol. The molecular formula is C26H36N6O3. The van der Waals surface area contributed by atoms with Gasteiger partial charge in [0.2, 0.25) is 5.95 Å². The van der Waals surface area contributed by atoms with Crippen molar-refractivity contribution in [3.05, 3.63) is 42.0 Å². The maximum atomic E-state index is 10.1. The van der Waals surface area contributed by atoms with E-state index in [1.165, 1.54) is 11.3 Å². The molecule has 5 rings (SSSR count). The van der Waals surface area contributed by atoms with E-state index in [1.807, 2.05) is 30.0 Å². The highest BCUT2D eigenvalue weighted by Crippen LogP contribution is 2.37. The number of fused-ring (bicyclic) bond motifs is 1. The predicted molar refractivity (Wildman–Crippen MR) is 134 cm³/mol. The number of aromatic nitrogens is 4. The van der Waals surface area contributed by atoms with Crippen molar-refractivity contribution in [2.75, 3.05) is 45.3 Å². The fraction of sp³-hybridized carbons (Fsp3) is 0.577. The summed E-state index contributed by atoms with van der Waals surface area (Å²) < 4.78 is 12.8. The molecule has 0 bridgehead atoms. The standard InChI is InChI=1S/C26H36N6O3/c1-18(17-34-2)29-26-28-15-25-23(12-24(32(25)30-26)20-3-5-22(33)6-4-20)21-11-19(13-27-14-21)16-31-7-9-35-10-8-31/h11-15,18,20,22,33H,3-10,16-17H2,1-2H3,(H,29,30)/t18-,20-,22-/m0/s1. The van der Waals surface area contributed by atoms with Crippen molar-refractivity contribution in [2.24, 2.45) is 0 Å². The maximum Gasteiger partial charge on any atom is 0.241 e. The molecule has 1 atom stereocenters. The summed E-state index contributed by atoms with van der Waals surface area (Å²) in [6.07, 6.45) is 9.15. The molecule has 2 fully saturated rings. The molecule has 2 aliphatic rings. The fourth-order valence-electron chi connectivity index (χ4n) is 5.23. The molecule has 4 heterocycles. The number of hydrogen-bond acceptors (Lipinski definition) is 8. The van der Waals surface area contributed by atoms with E-state index in [4.69, 9.17) is 14.6 Å². The Bertz CT molecular complexity index is 1120. The average Bonchev–Trinajstić information content (AvgIpc) is 3.24. The number of aliphatic hydroxyl groups excluding tert-OH is 1. The van der Waals surface area contributed by atoms with Crippen LogP contribution in [0.25, 0.3) is 16.6 Å². The highest BCUT2D eigenvalue weighted by Gasteiger charge is 2.26. The number of ether oxygens (including phenoxy) is 2. The van der Waals surface area contributed by atoms with Gasteiger partial charge in [-0.3, -0.25) is 9.88 Å². The van der Waals surface area contributed by atoms with Crippen LogP contribution >= 0.6 is 0 Å². The van der Waals surface area contributed by atoms with Crippen LogP contribution in [0.5, 0.6) is 0 Å². The van der Waals surface area contributed by atoms with E-state index in [1.54, 1.807) is 7.11 Å². The molecule has 1 aliphatic carbocycles. The molecule has 3 aromatic heterocycles. The van der Waals surface area contributed by atoms with Crippen molar-refractivity contribution in [2.45, 2.75) is 57.2 Å². The van der Waals surface area contributed by atoms with E-state index in [9.17, 15) is 5.11 Å². The Balaban J connectivity index is 1.49. The molecule has 0 radical (unpaired) electrons. The second kappa shape index (κ2) is 11.0. The van der Waals surface area contributed by atoms with E-state index in [-0.39, 0.29) is 12.1 Å². The Morgan fingerprint density at radius 2 is 1.94 bits per heavy atom. The second-order valence-corrected chi connectivity index (χ2v) is 9.84. The Morgan fingerprint density at radius 3 is 2.71 bits per heavy atom. The summed E-state index contributed by atoms with van der Waals surface area (Å²) in [6, 6.07) is 4.59. The van der Waals surface area contributed by atoms with Crippen LogP contribution in [-0.4, -0.2) is 81.8 Å². The fourth-order valence-corrected chi connectivity index (χ4v) is 5.23. The van der Waals surface area contributed by atoms with Crippen LogP contribution in [0.15, 0.2) is 30.7 Å². The predicted octanol–water partition coefficient (Wildman–Crippen LogP) is 3.09. The van der Waals surface area contributed by atoms with Crippen LogP contribution in [0.1, 0.15) is 49.8 Å². The largest absolute Gasteiger partial charge is 0.393 e. The zero-order valence-corrected chi connectivity index (χ0v) is 20.7. The summed E-state index contributed by atoms with van der Waals surface area (Å²) >= 11 is 0. The smallest absolute Gasteiger partial charge is 0.241 e. The molecule has 3 aromatic rings. The lowest BCUT2D eigenvalue weighted by Crippen LogP contribution is -2.35. The molecule has 35 heavy (non-hydrogen) atoms. The van der Waals surface area contributed by atoms with Crippen LogP contribution in [0.4, 0.5) is 5.95 Å². The monoisotopic (exact) mass is 480 g/mol. The van der Waals surface area contributed by atoms with Gasteiger partial charge < -0.3 is 19.9 Å². The molecule has 9 heteroatoms. The highest BCUT2D eigenvalue weighted by atomic mass is 16.5. The lowest BCUT2D eigenvalue weighted by Gasteiger charge is -2.26. The normalized spacial score (nSPS) is 22.4. The first-order valence-corrected chi connectivity index (χ1v) is 12.7. The van der Waals surface area contributed by atoms with Crippen molar-refractivity contribution in [3.63, 3.8) is 0 Å². The first-order valence-electron chi connectivity index (χ1n) is 12.7. The zero-order chi connectivity index (χ0) is 24.2.